The summed E-state index contributed by atoms with van der Waals surface area (Å²) in [6, 6.07) is 16.1. The molecule has 0 aliphatic carbocycles. The number of rotatable bonds is 4. The maximum Gasteiger partial charge on any atom is 0.321 e. The second-order valence-corrected chi connectivity index (χ2v) is 6.69. The van der Waals surface area contributed by atoms with Gasteiger partial charge in [0, 0.05) is 25.9 Å². The molecular formula is C21H26N2O2. The molecule has 132 valence electrons. The highest BCUT2D eigenvalue weighted by molar-refractivity contribution is 5.90. The number of amides is 2. The number of hydrogen-bond acceptors (Lipinski definition) is 2. The lowest BCUT2D eigenvalue weighted by Crippen LogP contribution is -2.39. The zero-order valence-electron chi connectivity index (χ0n) is 15.0. The van der Waals surface area contributed by atoms with Gasteiger partial charge in [-0.1, -0.05) is 36.4 Å². The molecule has 1 heterocycles. The molecule has 3 rings (SSSR count). The van der Waals surface area contributed by atoms with Crippen LogP contribution in [0.2, 0.25) is 0 Å². The number of carbonyl (C=O) groups excluding carboxylic acids is 1. The number of aryl methyl sites for hydroxylation is 1. The number of nitrogens with zero attached hydrogens (tertiary/aromatic N) is 1. The molecule has 0 radical (unpaired) electrons. The molecule has 2 aromatic carbocycles. The van der Waals surface area contributed by atoms with E-state index >= 15 is 0 Å². The summed E-state index contributed by atoms with van der Waals surface area (Å²) in [5, 5.41) is 2.99. The first-order valence-electron chi connectivity index (χ1n) is 8.93. The second-order valence-electron chi connectivity index (χ2n) is 6.69. The average molecular weight is 338 g/mol. The maximum atomic E-state index is 12.5. The fraction of sp³-hybridized carbons (Fsp3) is 0.381. The summed E-state index contributed by atoms with van der Waals surface area (Å²) < 4.78 is 5.72. The van der Waals surface area contributed by atoms with Crippen LogP contribution >= 0.6 is 0 Å². The molecule has 25 heavy (non-hydrogen) atoms. The van der Waals surface area contributed by atoms with E-state index in [-0.39, 0.29) is 12.1 Å². The minimum absolute atomic E-state index is 0.101. The quantitative estimate of drug-likeness (QED) is 0.878. The summed E-state index contributed by atoms with van der Waals surface area (Å²) in [7, 11) is 1.82. The molecule has 4 heteroatoms. The van der Waals surface area contributed by atoms with Crippen molar-refractivity contribution in [3.8, 4) is 11.1 Å². The molecule has 0 aromatic heterocycles. The Labute approximate surface area is 149 Å². The standard InChI is InChI=1S/C21H26N2O2/c1-16-8-3-4-12-20(16)17-9-7-10-18(14-17)22-21(24)23(2)15-19-11-5-6-13-25-19/h3-4,7-10,12,14,19H,5-6,11,13,15H2,1-2H3,(H,22,24)/t19-/m1/s1. The highest BCUT2D eigenvalue weighted by atomic mass is 16.5. The van der Waals surface area contributed by atoms with Crippen LogP contribution in [0, 0.1) is 6.92 Å². The van der Waals surface area contributed by atoms with Crippen LogP contribution in [0.1, 0.15) is 24.8 Å². The second kappa shape index (κ2) is 8.17. The van der Waals surface area contributed by atoms with Crippen LogP contribution in [-0.2, 0) is 4.74 Å². The van der Waals surface area contributed by atoms with E-state index in [9.17, 15) is 4.79 Å². The number of hydrogen-bond donors (Lipinski definition) is 1. The Bertz CT molecular complexity index is 723. The Hall–Kier alpha value is -2.33. The summed E-state index contributed by atoms with van der Waals surface area (Å²) in [4.78, 5) is 14.2. The summed E-state index contributed by atoms with van der Waals surface area (Å²) in [5.74, 6) is 0. The molecule has 2 aromatic rings. The number of anilines is 1. The largest absolute Gasteiger partial charge is 0.376 e. The third-order valence-corrected chi connectivity index (χ3v) is 4.67. The SMILES string of the molecule is Cc1ccccc1-c1cccc(NC(=O)N(C)C[C@H]2CCCCO2)c1. The van der Waals surface area contributed by atoms with Gasteiger partial charge in [0.2, 0.25) is 0 Å². The highest BCUT2D eigenvalue weighted by Gasteiger charge is 2.18. The van der Waals surface area contributed by atoms with Gasteiger partial charge in [0.15, 0.2) is 0 Å². The van der Waals surface area contributed by atoms with Gasteiger partial charge < -0.3 is 15.0 Å². The van der Waals surface area contributed by atoms with Crippen LogP contribution in [0.5, 0.6) is 0 Å². The van der Waals surface area contributed by atoms with Crippen molar-refractivity contribution >= 4 is 11.7 Å². The molecule has 0 bridgehead atoms. The van der Waals surface area contributed by atoms with Crippen molar-refractivity contribution in [3.05, 3.63) is 54.1 Å². The Morgan fingerprint density at radius 2 is 2.04 bits per heavy atom. The minimum atomic E-state index is -0.101. The van der Waals surface area contributed by atoms with Crippen molar-refractivity contribution in [1.29, 1.82) is 0 Å². The smallest absolute Gasteiger partial charge is 0.321 e. The van der Waals surface area contributed by atoms with E-state index in [0.717, 1.165) is 30.7 Å². The van der Waals surface area contributed by atoms with Gasteiger partial charge in [0.1, 0.15) is 0 Å². The van der Waals surface area contributed by atoms with Crippen molar-refractivity contribution in [1.82, 2.24) is 4.90 Å². The third-order valence-electron chi connectivity index (χ3n) is 4.67. The number of benzene rings is 2. The van der Waals surface area contributed by atoms with Gasteiger partial charge in [-0.05, 0) is 55.0 Å². The molecule has 0 saturated carbocycles. The first-order valence-corrected chi connectivity index (χ1v) is 8.93. The van der Waals surface area contributed by atoms with Gasteiger partial charge in [-0.15, -0.1) is 0 Å². The van der Waals surface area contributed by atoms with E-state index in [0.29, 0.717) is 6.54 Å². The number of likely N-dealkylation sites (N-methyl/N-ethyl adjacent to an activating group) is 1. The first kappa shape index (κ1) is 17.5. The zero-order valence-corrected chi connectivity index (χ0v) is 15.0. The molecule has 1 aliphatic rings. The summed E-state index contributed by atoms with van der Waals surface area (Å²) in [5.41, 5.74) is 4.32. The van der Waals surface area contributed by atoms with Gasteiger partial charge in [0.25, 0.3) is 0 Å². The molecule has 0 unspecified atom stereocenters. The van der Waals surface area contributed by atoms with Gasteiger partial charge >= 0.3 is 6.03 Å². The predicted octanol–water partition coefficient (Wildman–Crippen LogP) is 4.69. The number of carbonyl (C=O) groups is 1. The molecule has 2 amide bonds. The van der Waals surface area contributed by atoms with Gasteiger partial charge in [-0.2, -0.15) is 0 Å². The van der Waals surface area contributed by atoms with E-state index in [4.69, 9.17) is 4.74 Å². The summed E-state index contributed by atoms with van der Waals surface area (Å²) >= 11 is 0. The first-order chi connectivity index (χ1) is 12.1. The number of urea groups is 1. The lowest BCUT2D eigenvalue weighted by molar-refractivity contribution is 0.00463. The monoisotopic (exact) mass is 338 g/mol. The summed E-state index contributed by atoms with van der Waals surface area (Å²) in [6.07, 6.45) is 3.49. The Morgan fingerprint density at radius 3 is 2.80 bits per heavy atom. The predicted molar refractivity (Wildman–Crippen MR) is 102 cm³/mol. The van der Waals surface area contributed by atoms with E-state index < -0.39 is 0 Å². The van der Waals surface area contributed by atoms with Crippen molar-refractivity contribution in [3.63, 3.8) is 0 Å². The molecular weight excluding hydrogens is 312 g/mol. The number of nitrogens with one attached hydrogen (secondary N) is 1. The lowest BCUT2D eigenvalue weighted by Gasteiger charge is -2.27. The van der Waals surface area contributed by atoms with Gasteiger partial charge in [-0.25, -0.2) is 4.79 Å². The summed E-state index contributed by atoms with van der Waals surface area (Å²) in [6.45, 7) is 3.53. The molecule has 1 atom stereocenters. The molecule has 1 N–H and O–H groups in total. The minimum Gasteiger partial charge on any atom is -0.376 e. The van der Waals surface area contributed by atoms with E-state index in [1.165, 1.54) is 17.5 Å². The average Bonchev–Trinajstić information content (AvgIpc) is 2.63. The Kier molecular flexibility index (Phi) is 5.71. The van der Waals surface area contributed by atoms with Gasteiger partial charge in [0.05, 0.1) is 6.10 Å². The maximum absolute atomic E-state index is 12.5. The van der Waals surface area contributed by atoms with Crippen molar-refractivity contribution in [2.75, 3.05) is 25.5 Å². The lowest BCUT2D eigenvalue weighted by atomic mass is 10.0. The van der Waals surface area contributed by atoms with E-state index in [2.05, 4.69) is 30.4 Å². The third kappa shape index (κ3) is 4.60. The fourth-order valence-corrected chi connectivity index (χ4v) is 3.22. The van der Waals surface area contributed by atoms with Crippen LogP contribution in [0.3, 0.4) is 0 Å². The van der Waals surface area contributed by atoms with Crippen LogP contribution in [-0.4, -0.2) is 37.2 Å². The van der Waals surface area contributed by atoms with Gasteiger partial charge in [-0.3, -0.25) is 0 Å². The normalized spacial score (nSPS) is 17.1. The van der Waals surface area contributed by atoms with Crippen LogP contribution < -0.4 is 5.32 Å². The van der Waals surface area contributed by atoms with E-state index in [1.54, 1.807) is 4.90 Å². The van der Waals surface area contributed by atoms with E-state index in [1.807, 2.05) is 37.4 Å². The fourth-order valence-electron chi connectivity index (χ4n) is 3.22. The van der Waals surface area contributed by atoms with Crippen molar-refractivity contribution in [2.45, 2.75) is 32.3 Å². The topological polar surface area (TPSA) is 41.6 Å². The van der Waals surface area contributed by atoms with Crippen molar-refractivity contribution < 1.29 is 9.53 Å². The molecule has 1 fully saturated rings. The van der Waals surface area contributed by atoms with Crippen molar-refractivity contribution in [2.24, 2.45) is 0 Å². The Balaban J connectivity index is 1.65. The number of ether oxygens (including phenoxy) is 1. The van der Waals surface area contributed by atoms with Crippen LogP contribution in [0.4, 0.5) is 10.5 Å². The highest BCUT2D eigenvalue weighted by Crippen LogP contribution is 2.25. The zero-order chi connectivity index (χ0) is 17.6. The van der Waals surface area contributed by atoms with Crippen LogP contribution in [0.25, 0.3) is 11.1 Å². The molecule has 0 spiro atoms. The Morgan fingerprint density at radius 1 is 1.20 bits per heavy atom. The molecule has 1 aliphatic heterocycles. The molecule has 4 nitrogen and oxygen atoms in total. The van der Waals surface area contributed by atoms with Crippen LogP contribution in [0.15, 0.2) is 48.5 Å². The molecule has 1 saturated heterocycles.